The van der Waals surface area contributed by atoms with Crippen LogP contribution in [-0.4, -0.2) is 48.2 Å². The summed E-state index contributed by atoms with van der Waals surface area (Å²) in [5, 5.41) is 12.2. The molecule has 1 rings (SSSR count). The molecule has 0 spiro atoms. The zero-order chi connectivity index (χ0) is 9.84. The third kappa shape index (κ3) is 2.42. The summed E-state index contributed by atoms with van der Waals surface area (Å²) in [5.74, 6) is -0.711. The Labute approximate surface area is 78.9 Å². The number of carboxylic acids is 1. The molecule has 76 valence electrons. The van der Waals surface area contributed by atoms with E-state index in [1.54, 1.807) is 0 Å². The van der Waals surface area contributed by atoms with Gasteiger partial charge in [-0.3, -0.25) is 9.69 Å². The van der Waals surface area contributed by atoms with Crippen LogP contribution < -0.4 is 5.32 Å². The van der Waals surface area contributed by atoms with Crippen molar-refractivity contribution in [2.24, 2.45) is 0 Å². The van der Waals surface area contributed by atoms with E-state index in [4.69, 9.17) is 5.11 Å². The highest BCUT2D eigenvalue weighted by atomic mass is 16.4. The highest BCUT2D eigenvalue weighted by Gasteiger charge is 2.28. The van der Waals surface area contributed by atoms with Gasteiger partial charge in [0.25, 0.3) is 0 Å². The first-order chi connectivity index (χ1) is 6.16. The van der Waals surface area contributed by atoms with Crippen LogP contribution in [0.15, 0.2) is 0 Å². The number of carbonyl (C=O) groups is 1. The van der Waals surface area contributed by atoms with E-state index in [-0.39, 0.29) is 6.04 Å². The summed E-state index contributed by atoms with van der Waals surface area (Å²) in [5.41, 5.74) is 0. The first-order valence-corrected chi connectivity index (χ1v) is 4.82. The molecule has 2 N–H and O–H groups in total. The Morgan fingerprint density at radius 1 is 1.77 bits per heavy atom. The Morgan fingerprint density at radius 2 is 2.46 bits per heavy atom. The van der Waals surface area contributed by atoms with Gasteiger partial charge >= 0.3 is 5.97 Å². The van der Waals surface area contributed by atoms with Gasteiger partial charge in [-0.15, -0.1) is 0 Å². The van der Waals surface area contributed by atoms with Gasteiger partial charge in [0.1, 0.15) is 6.04 Å². The summed E-state index contributed by atoms with van der Waals surface area (Å²) < 4.78 is 0. The highest BCUT2D eigenvalue weighted by Crippen LogP contribution is 2.12. The minimum atomic E-state index is -0.711. The van der Waals surface area contributed by atoms with E-state index < -0.39 is 5.97 Å². The molecule has 0 aromatic heterocycles. The van der Waals surface area contributed by atoms with Crippen LogP contribution in [0, 0.1) is 0 Å². The molecular formula is C9H18N2O2. The smallest absolute Gasteiger partial charge is 0.320 e. The van der Waals surface area contributed by atoms with Crippen LogP contribution in [0.1, 0.15) is 19.8 Å². The van der Waals surface area contributed by atoms with Crippen LogP contribution in [0.4, 0.5) is 0 Å². The second-order valence-electron chi connectivity index (χ2n) is 3.57. The fourth-order valence-electron chi connectivity index (χ4n) is 1.88. The van der Waals surface area contributed by atoms with Gasteiger partial charge in [0.15, 0.2) is 0 Å². The maximum absolute atomic E-state index is 10.9. The lowest BCUT2D eigenvalue weighted by Gasteiger charge is -2.28. The molecule has 2 unspecified atom stereocenters. The Morgan fingerprint density at radius 3 is 2.85 bits per heavy atom. The first-order valence-electron chi connectivity index (χ1n) is 4.82. The van der Waals surface area contributed by atoms with Crippen molar-refractivity contribution in [3.05, 3.63) is 0 Å². The molecule has 0 amide bonds. The van der Waals surface area contributed by atoms with Gasteiger partial charge in [0.05, 0.1) is 0 Å². The van der Waals surface area contributed by atoms with Gasteiger partial charge in [0.2, 0.25) is 0 Å². The van der Waals surface area contributed by atoms with Gasteiger partial charge in [-0.25, -0.2) is 0 Å². The van der Waals surface area contributed by atoms with Crippen LogP contribution in [0.5, 0.6) is 0 Å². The number of nitrogens with one attached hydrogen (secondary N) is 1. The molecule has 2 atom stereocenters. The number of nitrogens with zero attached hydrogens (tertiary/aromatic N) is 1. The van der Waals surface area contributed by atoms with E-state index in [0.717, 1.165) is 19.5 Å². The predicted molar refractivity (Wildman–Crippen MR) is 50.8 cm³/mol. The lowest BCUT2D eigenvalue weighted by Crippen LogP contribution is -2.45. The number of carboxylic acid groups (broad SMARTS) is 1. The average Bonchev–Trinajstić information content (AvgIpc) is 2.56. The summed E-state index contributed by atoms with van der Waals surface area (Å²) in [6.07, 6.45) is 1.72. The SMILES string of the molecule is CCC(C(=O)O)N(C)C1CCNC1. The monoisotopic (exact) mass is 186 g/mol. The zero-order valence-electron chi connectivity index (χ0n) is 8.29. The summed E-state index contributed by atoms with van der Waals surface area (Å²) >= 11 is 0. The van der Waals surface area contributed by atoms with Crippen molar-refractivity contribution < 1.29 is 9.90 Å². The van der Waals surface area contributed by atoms with Gasteiger partial charge in [0, 0.05) is 12.6 Å². The Bertz CT molecular complexity index is 178. The third-order valence-corrected chi connectivity index (χ3v) is 2.77. The summed E-state index contributed by atoms with van der Waals surface area (Å²) in [7, 11) is 1.90. The molecule has 0 saturated carbocycles. The van der Waals surface area contributed by atoms with Crippen LogP contribution in [-0.2, 0) is 4.79 Å². The van der Waals surface area contributed by atoms with Gasteiger partial charge in [-0.1, -0.05) is 6.92 Å². The lowest BCUT2D eigenvalue weighted by atomic mass is 10.1. The Balaban J connectivity index is 2.51. The fourth-order valence-corrected chi connectivity index (χ4v) is 1.88. The van der Waals surface area contributed by atoms with Crippen molar-refractivity contribution in [1.82, 2.24) is 10.2 Å². The number of hydrogen-bond acceptors (Lipinski definition) is 3. The molecular weight excluding hydrogens is 168 g/mol. The third-order valence-electron chi connectivity index (χ3n) is 2.77. The van der Waals surface area contributed by atoms with Crippen LogP contribution >= 0.6 is 0 Å². The lowest BCUT2D eigenvalue weighted by molar-refractivity contribution is -0.143. The van der Waals surface area contributed by atoms with Crippen molar-refractivity contribution in [2.75, 3.05) is 20.1 Å². The van der Waals surface area contributed by atoms with E-state index in [0.29, 0.717) is 12.5 Å². The maximum atomic E-state index is 10.9. The molecule has 1 saturated heterocycles. The van der Waals surface area contributed by atoms with Crippen molar-refractivity contribution in [3.8, 4) is 0 Å². The van der Waals surface area contributed by atoms with Crippen molar-refractivity contribution in [2.45, 2.75) is 31.8 Å². The predicted octanol–water partition coefficient (Wildman–Crippen LogP) is 0.143. The Hall–Kier alpha value is -0.610. The average molecular weight is 186 g/mol. The molecule has 0 aromatic rings. The first kappa shape index (κ1) is 10.5. The molecule has 1 aliphatic rings. The van der Waals surface area contributed by atoms with Crippen LogP contribution in [0.25, 0.3) is 0 Å². The number of rotatable bonds is 4. The molecule has 1 heterocycles. The molecule has 1 fully saturated rings. The normalized spacial score (nSPS) is 25.0. The second-order valence-corrected chi connectivity index (χ2v) is 3.57. The molecule has 0 aliphatic carbocycles. The highest BCUT2D eigenvalue weighted by molar-refractivity contribution is 5.73. The van der Waals surface area contributed by atoms with E-state index in [9.17, 15) is 4.79 Å². The van der Waals surface area contributed by atoms with E-state index in [2.05, 4.69) is 5.32 Å². The molecule has 0 bridgehead atoms. The number of likely N-dealkylation sites (N-methyl/N-ethyl adjacent to an activating group) is 1. The van der Waals surface area contributed by atoms with Crippen LogP contribution in [0.3, 0.4) is 0 Å². The van der Waals surface area contributed by atoms with E-state index in [1.807, 2.05) is 18.9 Å². The largest absolute Gasteiger partial charge is 0.480 e. The summed E-state index contributed by atoms with van der Waals surface area (Å²) in [4.78, 5) is 12.8. The second kappa shape index (κ2) is 4.58. The minimum absolute atomic E-state index is 0.329. The molecule has 4 heteroatoms. The topological polar surface area (TPSA) is 52.6 Å². The summed E-state index contributed by atoms with van der Waals surface area (Å²) in [6.45, 7) is 3.84. The van der Waals surface area contributed by atoms with Crippen molar-refractivity contribution in [1.29, 1.82) is 0 Å². The molecule has 4 nitrogen and oxygen atoms in total. The van der Waals surface area contributed by atoms with Crippen molar-refractivity contribution in [3.63, 3.8) is 0 Å². The standard InChI is InChI=1S/C9H18N2O2/c1-3-8(9(12)13)11(2)7-4-5-10-6-7/h7-8,10H,3-6H2,1-2H3,(H,12,13). The molecule has 0 radical (unpaired) electrons. The van der Waals surface area contributed by atoms with E-state index >= 15 is 0 Å². The maximum Gasteiger partial charge on any atom is 0.320 e. The molecule has 13 heavy (non-hydrogen) atoms. The quantitative estimate of drug-likeness (QED) is 0.656. The summed E-state index contributed by atoms with van der Waals surface area (Å²) in [6, 6.07) is 0.0611. The molecule has 0 aromatic carbocycles. The number of hydrogen-bond donors (Lipinski definition) is 2. The van der Waals surface area contributed by atoms with Gasteiger partial charge in [-0.05, 0) is 26.4 Å². The zero-order valence-corrected chi connectivity index (χ0v) is 8.29. The molecule has 1 aliphatic heterocycles. The van der Waals surface area contributed by atoms with Gasteiger partial charge < -0.3 is 10.4 Å². The van der Waals surface area contributed by atoms with Crippen LogP contribution in [0.2, 0.25) is 0 Å². The van der Waals surface area contributed by atoms with Gasteiger partial charge in [-0.2, -0.15) is 0 Å². The van der Waals surface area contributed by atoms with Crippen molar-refractivity contribution >= 4 is 5.97 Å². The van der Waals surface area contributed by atoms with E-state index in [1.165, 1.54) is 0 Å². The fraction of sp³-hybridized carbons (Fsp3) is 0.889. The Kier molecular flexibility index (Phi) is 3.69. The number of aliphatic carboxylic acids is 1. The minimum Gasteiger partial charge on any atom is -0.480 e.